The van der Waals surface area contributed by atoms with E-state index in [-0.39, 0.29) is 5.78 Å². The maximum absolute atomic E-state index is 12.2. The predicted octanol–water partition coefficient (Wildman–Crippen LogP) is 4.78. The second-order valence-corrected chi connectivity index (χ2v) is 5.99. The van der Waals surface area contributed by atoms with E-state index in [0.717, 1.165) is 25.4 Å². The summed E-state index contributed by atoms with van der Waals surface area (Å²) in [5.41, 5.74) is 1.84. The van der Waals surface area contributed by atoms with Gasteiger partial charge in [0.1, 0.15) is 0 Å². The van der Waals surface area contributed by atoms with Crippen molar-refractivity contribution in [1.82, 2.24) is 0 Å². The lowest BCUT2D eigenvalue weighted by Crippen LogP contribution is -1.93. The van der Waals surface area contributed by atoms with Crippen LogP contribution in [0.3, 0.4) is 0 Å². The van der Waals surface area contributed by atoms with Crippen molar-refractivity contribution >= 4 is 39.6 Å². The first kappa shape index (κ1) is 11.8. The van der Waals surface area contributed by atoms with Crippen LogP contribution in [-0.4, -0.2) is 5.78 Å². The molecule has 0 aliphatic carbocycles. The van der Waals surface area contributed by atoms with Crippen molar-refractivity contribution in [3.63, 3.8) is 0 Å². The van der Waals surface area contributed by atoms with Crippen LogP contribution < -0.4 is 0 Å². The Kier molecular flexibility index (Phi) is 3.10. The zero-order chi connectivity index (χ0) is 12.5. The first-order valence-electron chi connectivity index (χ1n) is 5.53. The fraction of sp³-hybridized carbons (Fsp3) is 0. The molecule has 1 heterocycles. The summed E-state index contributed by atoms with van der Waals surface area (Å²) in [5, 5.41) is 0. The molecule has 0 N–H and O–H groups in total. The van der Waals surface area contributed by atoms with Gasteiger partial charge in [0.05, 0.1) is 4.91 Å². The minimum absolute atomic E-state index is 0.121. The maximum atomic E-state index is 12.2. The molecule has 0 amide bonds. The molecule has 1 aliphatic heterocycles. The molecule has 0 spiro atoms. The summed E-state index contributed by atoms with van der Waals surface area (Å²) >= 11 is 4.98. The highest BCUT2D eigenvalue weighted by Crippen LogP contribution is 2.40. The normalized spacial score (nSPS) is 16.1. The topological polar surface area (TPSA) is 17.1 Å². The number of Topliss-reactive ketones (excluding diaryl/α,β-unsaturated/α-hetero) is 1. The molecule has 0 bridgehead atoms. The summed E-state index contributed by atoms with van der Waals surface area (Å²) in [4.78, 5) is 14.0. The molecule has 0 atom stereocenters. The minimum atomic E-state index is 0.121. The highest BCUT2D eigenvalue weighted by Gasteiger charge is 2.24. The lowest BCUT2D eigenvalue weighted by atomic mass is 10.1. The number of thioether (sulfide) groups is 1. The van der Waals surface area contributed by atoms with Crippen molar-refractivity contribution in [3.8, 4) is 0 Å². The Morgan fingerprint density at radius 2 is 1.89 bits per heavy atom. The standard InChI is InChI=1S/C15H9BrOS/c16-11-5-3-4-10(8-11)9-14-15(17)12-6-1-2-7-13(12)18-14/h1-9H/b14-9+. The lowest BCUT2D eigenvalue weighted by molar-refractivity contribution is 0.104. The fourth-order valence-electron chi connectivity index (χ4n) is 1.88. The summed E-state index contributed by atoms with van der Waals surface area (Å²) in [6.07, 6.45) is 1.94. The highest BCUT2D eigenvalue weighted by atomic mass is 79.9. The highest BCUT2D eigenvalue weighted by molar-refractivity contribution is 9.10. The van der Waals surface area contributed by atoms with E-state index < -0.39 is 0 Å². The number of hydrogen-bond acceptors (Lipinski definition) is 2. The van der Waals surface area contributed by atoms with Crippen molar-refractivity contribution in [1.29, 1.82) is 0 Å². The summed E-state index contributed by atoms with van der Waals surface area (Å²) in [5.74, 6) is 0.121. The maximum Gasteiger partial charge on any atom is 0.200 e. The smallest absolute Gasteiger partial charge is 0.200 e. The molecule has 2 aromatic carbocycles. The van der Waals surface area contributed by atoms with Crippen LogP contribution in [0.25, 0.3) is 6.08 Å². The average Bonchev–Trinajstić information content (AvgIpc) is 2.67. The van der Waals surface area contributed by atoms with Crippen LogP contribution in [0.5, 0.6) is 0 Å². The summed E-state index contributed by atoms with van der Waals surface area (Å²) < 4.78 is 1.02. The van der Waals surface area contributed by atoms with Gasteiger partial charge in [0.25, 0.3) is 0 Å². The molecule has 3 rings (SSSR count). The second-order valence-electron chi connectivity index (χ2n) is 3.99. The quantitative estimate of drug-likeness (QED) is 0.704. The molecule has 88 valence electrons. The first-order valence-corrected chi connectivity index (χ1v) is 7.14. The number of halogens is 1. The van der Waals surface area contributed by atoms with Gasteiger partial charge in [-0.1, -0.05) is 52.0 Å². The van der Waals surface area contributed by atoms with Gasteiger partial charge in [-0.05, 0) is 35.9 Å². The van der Waals surface area contributed by atoms with Gasteiger partial charge in [-0.15, -0.1) is 0 Å². The molecule has 1 nitrogen and oxygen atoms in total. The van der Waals surface area contributed by atoms with Crippen molar-refractivity contribution < 1.29 is 4.79 Å². The number of benzene rings is 2. The van der Waals surface area contributed by atoms with Gasteiger partial charge in [-0.3, -0.25) is 4.79 Å². The fourth-order valence-corrected chi connectivity index (χ4v) is 3.35. The van der Waals surface area contributed by atoms with E-state index in [0.29, 0.717) is 0 Å². The number of allylic oxidation sites excluding steroid dienone is 1. The molecule has 2 aromatic rings. The molecule has 0 saturated heterocycles. The van der Waals surface area contributed by atoms with E-state index in [1.54, 1.807) is 11.8 Å². The molecule has 0 aromatic heterocycles. The monoisotopic (exact) mass is 316 g/mol. The summed E-state index contributed by atoms with van der Waals surface area (Å²) in [7, 11) is 0. The van der Waals surface area contributed by atoms with E-state index in [2.05, 4.69) is 15.9 Å². The second kappa shape index (κ2) is 4.75. The SMILES string of the molecule is O=C1/C(=C\c2cccc(Br)c2)Sc2ccccc21. The number of carbonyl (C=O) groups excluding carboxylic acids is 1. The third-order valence-electron chi connectivity index (χ3n) is 2.72. The number of rotatable bonds is 1. The third-order valence-corrected chi connectivity index (χ3v) is 4.31. The minimum Gasteiger partial charge on any atom is -0.288 e. The molecule has 18 heavy (non-hydrogen) atoms. The van der Waals surface area contributed by atoms with Crippen molar-refractivity contribution in [2.24, 2.45) is 0 Å². The Balaban J connectivity index is 1.99. The molecule has 0 saturated carbocycles. The van der Waals surface area contributed by atoms with E-state index >= 15 is 0 Å². The molecule has 0 fully saturated rings. The largest absolute Gasteiger partial charge is 0.288 e. The van der Waals surface area contributed by atoms with Crippen LogP contribution in [-0.2, 0) is 0 Å². The van der Waals surface area contributed by atoms with E-state index in [1.165, 1.54) is 0 Å². The Labute approximate surface area is 118 Å². The number of ketones is 1. The number of fused-ring (bicyclic) bond motifs is 1. The molecular formula is C15H9BrOS. The van der Waals surface area contributed by atoms with Gasteiger partial charge in [0.2, 0.25) is 5.78 Å². The summed E-state index contributed by atoms with van der Waals surface area (Å²) in [6, 6.07) is 15.7. The van der Waals surface area contributed by atoms with Crippen LogP contribution in [0.2, 0.25) is 0 Å². The lowest BCUT2D eigenvalue weighted by Gasteiger charge is -1.97. The van der Waals surface area contributed by atoms with Gasteiger partial charge in [-0.25, -0.2) is 0 Å². The average molecular weight is 317 g/mol. The summed E-state index contributed by atoms with van der Waals surface area (Å²) in [6.45, 7) is 0. The van der Waals surface area contributed by atoms with Crippen molar-refractivity contribution in [2.45, 2.75) is 4.90 Å². The molecule has 1 aliphatic rings. The Morgan fingerprint density at radius 3 is 2.67 bits per heavy atom. The molecule has 3 heteroatoms. The van der Waals surface area contributed by atoms with Crippen molar-refractivity contribution in [3.05, 3.63) is 69.0 Å². The van der Waals surface area contributed by atoms with Gasteiger partial charge in [0.15, 0.2) is 0 Å². The molecule has 0 unspecified atom stereocenters. The van der Waals surface area contributed by atoms with Crippen LogP contribution in [0.1, 0.15) is 15.9 Å². The zero-order valence-corrected chi connectivity index (χ0v) is 11.8. The van der Waals surface area contributed by atoms with E-state index in [4.69, 9.17) is 0 Å². The van der Waals surface area contributed by atoms with E-state index in [1.807, 2.05) is 54.6 Å². The van der Waals surface area contributed by atoms with Crippen LogP contribution in [0, 0.1) is 0 Å². The van der Waals surface area contributed by atoms with Gasteiger partial charge in [-0.2, -0.15) is 0 Å². The zero-order valence-electron chi connectivity index (χ0n) is 9.39. The van der Waals surface area contributed by atoms with Gasteiger partial charge < -0.3 is 0 Å². The van der Waals surface area contributed by atoms with Crippen molar-refractivity contribution in [2.75, 3.05) is 0 Å². The Bertz CT molecular complexity index is 661. The van der Waals surface area contributed by atoms with Crippen LogP contribution >= 0.6 is 27.7 Å². The molecule has 0 radical (unpaired) electrons. The predicted molar refractivity (Wildman–Crippen MR) is 78.7 cm³/mol. The number of carbonyl (C=O) groups is 1. The molecular weight excluding hydrogens is 308 g/mol. The Hall–Kier alpha value is -1.32. The van der Waals surface area contributed by atoms with Crippen LogP contribution in [0.15, 0.2) is 62.8 Å². The van der Waals surface area contributed by atoms with E-state index in [9.17, 15) is 4.79 Å². The van der Waals surface area contributed by atoms with Crippen LogP contribution in [0.4, 0.5) is 0 Å². The van der Waals surface area contributed by atoms with Gasteiger partial charge in [0, 0.05) is 14.9 Å². The first-order chi connectivity index (χ1) is 8.74. The Morgan fingerprint density at radius 1 is 1.06 bits per heavy atom. The number of hydrogen-bond donors (Lipinski definition) is 0. The van der Waals surface area contributed by atoms with Gasteiger partial charge >= 0.3 is 0 Å². The third kappa shape index (κ3) is 2.16.